The first-order valence-corrected chi connectivity index (χ1v) is 9.65. The number of carbonyl (C=O) groups excluding carboxylic acids is 2. The monoisotopic (exact) mass is 397 g/mol. The van der Waals surface area contributed by atoms with Gasteiger partial charge in [-0.05, 0) is 48.8 Å². The highest BCUT2D eigenvalue weighted by molar-refractivity contribution is 7.80. The number of carbonyl (C=O) groups is 2. The van der Waals surface area contributed by atoms with E-state index in [1.54, 1.807) is 24.3 Å². The van der Waals surface area contributed by atoms with Crippen LogP contribution in [-0.4, -0.2) is 36.2 Å². The van der Waals surface area contributed by atoms with E-state index in [2.05, 4.69) is 16.0 Å². The number of nitrogens with one attached hydrogen (secondary N) is 3. The van der Waals surface area contributed by atoms with Gasteiger partial charge in [0.2, 0.25) is 5.91 Å². The summed E-state index contributed by atoms with van der Waals surface area (Å²) in [6.07, 6.45) is 2.35. The van der Waals surface area contributed by atoms with Crippen molar-refractivity contribution in [3.05, 3.63) is 65.7 Å². The van der Waals surface area contributed by atoms with Gasteiger partial charge < -0.3 is 20.7 Å². The summed E-state index contributed by atoms with van der Waals surface area (Å²) < 4.78 is 5.51. The fourth-order valence-electron chi connectivity index (χ4n) is 2.97. The Morgan fingerprint density at radius 3 is 2.68 bits per heavy atom. The Bertz CT molecular complexity index is 836. The van der Waals surface area contributed by atoms with Gasteiger partial charge in [-0.3, -0.25) is 9.59 Å². The van der Waals surface area contributed by atoms with E-state index < -0.39 is 0 Å². The van der Waals surface area contributed by atoms with Gasteiger partial charge in [-0.2, -0.15) is 0 Å². The molecule has 0 spiro atoms. The third-order valence-corrected chi connectivity index (χ3v) is 4.56. The Labute approximate surface area is 169 Å². The first kappa shape index (κ1) is 20.0. The second kappa shape index (κ2) is 9.96. The van der Waals surface area contributed by atoms with Crippen molar-refractivity contribution in [2.75, 3.05) is 18.5 Å². The smallest absolute Gasteiger partial charge is 0.251 e. The number of ether oxygens (including phenoxy) is 1. The average molecular weight is 398 g/mol. The molecule has 7 heteroatoms. The van der Waals surface area contributed by atoms with Crippen LogP contribution in [0.25, 0.3) is 0 Å². The van der Waals surface area contributed by atoms with Crippen LogP contribution in [0.15, 0.2) is 54.6 Å². The summed E-state index contributed by atoms with van der Waals surface area (Å²) in [5, 5.41) is 8.68. The van der Waals surface area contributed by atoms with Gasteiger partial charge in [0, 0.05) is 24.4 Å². The second-order valence-corrected chi connectivity index (χ2v) is 7.00. The van der Waals surface area contributed by atoms with Crippen molar-refractivity contribution in [2.45, 2.75) is 25.4 Å². The molecule has 0 aromatic heterocycles. The van der Waals surface area contributed by atoms with E-state index >= 15 is 0 Å². The first-order chi connectivity index (χ1) is 13.6. The first-order valence-electron chi connectivity index (χ1n) is 9.25. The van der Waals surface area contributed by atoms with E-state index in [-0.39, 0.29) is 29.5 Å². The molecule has 1 atom stereocenters. The van der Waals surface area contributed by atoms with Crippen molar-refractivity contribution >= 4 is 34.8 Å². The lowest BCUT2D eigenvalue weighted by molar-refractivity contribution is -0.119. The molecule has 28 heavy (non-hydrogen) atoms. The third kappa shape index (κ3) is 6.14. The van der Waals surface area contributed by atoms with Gasteiger partial charge >= 0.3 is 0 Å². The third-order valence-electron chi connectivity index (χ3n) is 4.36. The summed E-state index contributed by atoms with van der Waals surface area (Å²) in [6, 6.07) is 16.4. The maximum absolute atomic E-state index is 12.3. The van der Waals surface area contributed by atoms with Gasteiger partial charge in [-0.15, -0.1) is 0 Å². The highest BCUT2D eigenvalue weighted by Crippen LogP contribution is 2.13. The van der Waals surface area contributed by atoms with Crippen LogP contribution in [0.3, 0.4) is 0 Å². The maximum Gasteiger partial charge on any atom is 0.251 e. The minimum atomic E-state index is -0.200. The SMILES string of the molecule is O=C(Cc1ccccc1)NC(=S)Nc1cccc(C(=O)NC[C@@H]2CCCO2)c1. The molecule has 2 amide bonds. The molecule has 3 rings (SSSR count). The highest BCUT2D eigenvalue weighted by Gasteiger charge is 2.17. The molecule has 1 heterocycles. The lowest BCUT2D eigenvalue weighted by Crippen LogP contribution is -2.35. The molecule has 6 nitrogen and oxygen atoms in total. The van der Waals surface area contributed by atoms with Crippen molar-refractivity contribution in [3.8, 4) is 0 Å². The summed E-state index contributed by atoms with van der Waals surface area (Å²) in [5.74, 6) is -0.368. The van der Waals surface area contributed by atoms with Crippen molar-refractivity contribution in [1.82, 2.24) is 10.6 Å². The van der Waals surface area contributed by atoms with Gasteiger partial charge in [0.1, 0.15) is 0 Å². The minimum absolute atomic E-state index is 0.0951. The topological polar surface area (TPSA) is 79.5 Å². The zero-order valence-corrected chi connectivity index (χ0v) is 16.3. The summed E-state index contributed by atoms with van der Waals surface area (Å²) in [4.78, 5) is 24.4. The van der Waals surface area contributed by atoms with Crippen LogP contribution < -0.4 is 16.0 Å². The lowest BCUT2D eigenvalue weighted by Gasteiger charge is -2.12. The molecule has 0 unspecified atom stereocenters. The quantitative estimate of drug-likeness (QED) is 0.653. The van der Waals surface area contributed by atoms with E-state index in [0.717, 1.165) is 25.0 Å². The van der Waals surface area contributed by atoms with Crippen LogP contribution >= 0.6 is 12.2 Å². The summed E-state index contributed by atoms with van der Waals surface area (Å²) in [6.45, 7) is 1.26. The molecule has 0 aliphatic carbocycles. The molecule has 146 valence electrons. The van der Waals surface area contributed by atoms with Crippen molar-refractivity contribution < 1.29 is 14.3 Å². The van der Waals surface area contributed by atoms with Crippen LogP contribution in [-0.2, 0) is 16.0 Å². The predicted molar refractivity (Wildman–Crippen MR) is 112 cm³/mol. The van der Waals surface area contributed by atoms with Crippen LogP contribution in [0.5, 0.6) is 0 Å². The van der Waals surface area contributed by atoms with E-state index in [4.69, 9.17) is 17.0 Å². The van der Waals surface area contributed by atoms with Crippen molar-refractivity contribution in [1.29, 1.82) is 0 Å². The molecule has 2 aromatic rings. The number of hydrogen-bond acceptors (Lipinski definition) is 4. The summed E-state index contributed by atoms with van der Waals surface area (Å²) in [5.41, 5.74) is 2.06. The molecule has 0 bridgehead atoms. The average Bonchev–Trinajstić information content (AvgIpc) is 3.20. The van der Waals surface area contributed by atoms with Crippen LogP contribution in [0, 0.1) is 0 Å². The van der Waals surface area contributed by atoms with Crippen molar-refractivity contribution in [2.24, 2.45) is 0 Å². The van der Waals surface area contributed by atoms with Gasteiger partial charge in [0.15, 0.2) is 5.11 Å². The van der Waals surface area contributed by atoms with Gasteiger partial charge in [0.05, 0.1) is 12.5 Å². The molecular weight excluding hydrogens is 374 g/mol. The molecule has 2 aromatic carbocycles. The van der Waals surface area contributed by atoms with Gasteiger partial charge in [-0.1, -0.05) is 36.4 Å². The van der Waals surface area contributed by atoms with Gasteiger partial charge in [0.25, 0.3) is 5.91 Å². The number of anilines is 1. The maximum atomic E-state index is 12.3. The number of rotatable bonds is 6. The Balaban J connectivity index is 1.49. The fraction of sp³-hybridized carbons (Fsp3) is 0.286. The number of hydrogen-bond donors (Lipinski definition) is 3. The van der Waals surface area contributed by atoms with Crippen molar-refractivity contribution in [3.63, 3.8) is 0 Å². The molecule has 1 aliphatic heterocycles. The zero-order chi connectivity index (χ0) is 19.8. The number of benzene rings is 2. The normalized spacial score (nSPS) is 15.6. The molecule has 1 saturated heterocycles. The van der Waals surface area contributed by atoms with Crippen LogP contribution in [0.4, 0.5) is 5.69 Å². The number of amides is 2. The second-order valence-electron chi connectivity index (χ2n) is 6.59. The molecule has 0 saturated carbocycles. The molecule has 0 radical (unpaired) electrons. The van der Waals surface area contributed by atoms with E-state index in [1.165, 1.54) is 0 Å². The Morgan fingerprint density at radius 1 is 1.11 bits per heavy atom. The Morgan fingerprint density at radius 2 is 1.93 bits per heavy atom. The van der Waals surface area contributed by atoms with Crippen LogP contribution in [0.1, 0.15) is 28.8 Å². The molecular formula is C21H23N3O3S. The number of thiocarbonyl (C=S) groups is 1. The molecule has 3 N–H and O–H groups in total. The highest BCUT2D eigenvalue weighted by atomic mass is 32.1. The van der Waals surface area contributed by atoms with E-state index in [0.29, 0.717) is 17.8 Å². The lowest BCUT2D eigenvalue weighted by atomic mass is 10.1. The van der Waals surface area contributed by atoms with Gasteiger partial charge in [-0.25, -0.2) is 0 Å². The largest absolute Gasteiger partial charge is 0.376 e. The summed E-state index contributed by atoms with van der Waals surface area (Å²) >= 11 is 5.20. The molecule has 1 fully saturated rings. The van der Waals surface area contributed by atoms with Crippen LogP contribution in [0.2, 0.25) is 0 Å². The fourth-order valence-corrected chi connectivity index (χ4v) is 3.20. The van der Waals surface area contributed by atoms with E-state index in [9.17, 15) is 9.59 Å². The Hall–Kier alpha value is -2.77. The minimum Gasteiger partial charge on any atom is -0.376 e. The zero-order valence-electron chi connectivity index (χ0n) is 15.4. The summed E-state index contributed by atoms with van der Waals surface area (Å²) in [7, 11) is 0. The molecule has 1 aliphatic rings. The van der Waals surface area contributed by atoms with E-state index in [1.807, 2.05) is 30.3 Å². The predicted octanol–water partition coefficient (Wildman–Crippen LogP) is 2.65. The standard InChI is InChI=1S/C21H23N3O3S/c25-19(12-15-6-2-1-3-7-15)24-21(28)23-17-9-4-8-16(13-17)20(26)22-14-18-10-5-11-27-18/h1-4,6-9,13,18H,5,10-12,14H2,(H,22,26)(H2,23,24,25,28)/t18-/m0/s1. The Kier molecular flexibility index (Phi) is 7.11.